The van der Waals surface area contributed by atoms with Crippen LogP contribution in [0.3, 0.4) is 0 Å². The van der Waals surface area contributed by atoms with Crippen LogP contribution in [0.15, 0.2) is 0 Å². The van der Waals surface area contributed by atoms with Gasteiger partial charge in [-0.3, -0.25) is 9.59 Å². The van der Waals surface area contributed by atoms with Crippen molar-refractivity contribution < 1.29 is 19.1 Å². The third-order valence-corrected chi connectivity index (χ3v) is 4.30. The minimum absolute atomic E-state index is 0.121. The third kappa shape index (κ3) is 8.01. The van der Waals surface area contributed by atoms with Crippen LogP contribution in [0.2, 0.25) is 0 Å². The fourth-order valence-electron chi connectivity index (χ4n) is 1.66. The Morgan fingerprint density at radius 2 is 1.64 bits per heavy atom. The molecule has 0 saturated carbocycles. The molecule has 0 radical (unpaired) electrons. The van der Waals surface area contributed by atoms with E-state index in [1.807, 2.05) is 41.5 Å². The van der Waals surface area contributed by atoms with Crippen LogP contribution in [0, 0.1) is 11.3 Å². The zero-order chi connectivity index (χ0) is 17.2. The van der Waals surface area contributed by atoms with Crippen LogP contribution >= 0.6 is 0 Å². The smallest absolute Gasteiger partial charge is 0.164 e. The van der Waals surface area contributed by atoms with E-state index in [-0.39, 0.29) is 29.6 Å². The van der Waals surface area contributed by atoms with Gasteiger partial charge >= 0.3 is 0 Å². The predicted molar refractivity (Wildman–Crippen MR) is 88.0 cm³/mol. The number of ketones is 2. The lowest BCUT2D eigenvalue weighted by Crippen LogP contribution is -2.36. The van der Waals surface area contributed by atoms with Crippen LogP contribution in [0.4, 0.5) is 0 Å². The molecule has 0 fully saturated rings. The summed E-state index contributed by atoms with van der Waals surface area (Å²) in [5, 5.41) is 3.11. The molecule has 1 atom stereocenters. The maximum atomic E-state index is 12.0. The van der Waals surface area contributed by atoms with Gasteiger partial charge in [-0.15, -0.1) is 0 Å². The number of Topliss-reactive ketones (excluding diaryl/α,β-unsaturated/α-hetero) is 2. The molecule has 0 saturated heterocycles. The maximum absolute atomic E-state index is 12.0. The molecule has 0 spiro atoms. The Balaban J connectivity index is 3.59. The van der Waals surface area contributed by atoms with Gasteiger partial charge in [0, 0.05) is 18.4 Å². The van der Waals surface area contributed by atoms with Crippen molar-refractivity contribution in [2.45, 2.75) is 54.0 Å². The SMILES string of the molecule is CCC(=O)C(C)NCCOCCOCC(=O)C(C)(C)C(C)C. The minimum Gasteiger partial charge on any atom is -0.378 e. The molecular formula is C17H33NO4. The van der Waals surface area contributed by atoms with Crippen LogP contribution in [-0.4, -0.2) is 50.6 Å². The molecular weight excluding hydrogens is 282 g/mol. The van der Waals surface area contributed by atoms with Crippen molar-refractivity contribution in [1.82, 2.24) is 5.32 Å². The summed E-state index contributed by atoms with van der Waals surface area (Å²) in [5.41, 5.74) is -0.354. The Bertz CT molecular complexity index is 340. The Kier molecular flexibility index (Phi) is 10.5. The number of hydrogen-bond donors (Lipinski definition) is 1. The summed E-state index contributed by atoms with van der Waals surface area (Å²) in [5.74, 6) is 0.615. The summed E-state index contributed by atoms with van der Waals surface area (Å²) in [6.07, 6.45) is 0.545. The molecule has 0 aromatic rings. The first-order valence-electron chi connectivity index (χ1n) is 8.18. The van der Waals surface area contributed by atoms with Gasteiger partial charge in [-0.25, -0.2) is 0 Å². The van der Waals surface area contributed by atoms with Gasteiger partial charge in [0.15, 0.2) is 5.78 Å². The molecule has 0 bridgehead atoms. The molecule has 0 aliphatic rings. The number of nitrogens with one attached hydrogen (secondary N) is 1. The highest BCUT2D eigenvalue weighted by atomic mass is 16.5. The number of carbonyl (C=O) groups is 2. The predicted octanol–water partition coefficient (Wildman–Crippen LogP) is 2.23. The Labute approximate surface area is 135 Å². The van der Waals surface area contributed by atoms with Gasteiger partial charge < -0.3 is 14.8 Å². The molecule has 0 amide bonds. The molecule has 0 aromatic carbocycles. The second kappa shape index (κ2) is 10.9. The van der Waals surface area contributed by atoms with Crippen LogP contribution < -0.4 is 5.32 Å². The van der Waals surface area contributed by atoms with Crippen LogP contribution in [0.25, 0.3) is 0 Å². The molecule has 1 unspecified atom stereocenters. The summed E-state index contributed by atoms with van der Waals surface area (Å²) in [4.78, 5) is 23.4. The topological polar surface area (TPSA) is 64.6 Å². The van der Waals surface area contributed by atoms with E-state index in [0.29, 0.717) is 38.7 Å². The Morgan fingerprint density at radius 3 is 2.18 bits per heavy atom. The van der Waals surface area contributed by atoms with Crippen LogP contribution in [-0.2, 0) is 19.1 Å². The van der Waals surface area contributed by atoms with Gasteiger partial charge in [0.25, 0.3) is 0 Å². The molecule has 0 heterocycles. The summed E-state index contributed by atoms with van der Waals surface area (Å²) >= 11 is 0. The first kappa shape index (κ1) is 21.2. The molecule has 130 valence electrons. The number of carbonyl (C=O) groups excluding carboxylic acids is 2. The van der Waals surface area contributed by atoms with Gasteiger partial charge in [-0.05, 0) is 12.8 Å². The van der Waals surface area contributed by atoms with Crippen molar-refractivity contribution in [2.75, 3.05) is 33.0 Å². The van der Waals surface area contributed by atoms with Crippen molar-refractivity contribution in [3.8, 4) is 0 Å². The molecule has 5 nitrogen and oxygen atoms in total. The van der Waals surface area contributed by atoms with Crippen LogP contribution in [0.1, 0.15) is 48.0 Å². The molecule has 1 N–H and O–H groups in total. The zero-order valence-corrected chi connectivity index (χ0v) is 15.0. The minimum atomic E-state index is -0.354. The van der Waals surface area contributed by atoms with Crippen molar-refractivity contribution in [2.24, 2.45) is 11.3 Å². The molecule has 0 rings (SSSR count). The van der Waals surface area contributed by atoms with E-state index in [4.69, 9.17) is 9.47 Å². The lowest BCUT2D eigenvalue weighted by molar-refractivity contribution is -0.134. The number of hydrogen-bond acceptors (Lipinski definition) is 5. The van der Waals surface area contributed by atoms with Gasteiger partial charge in [-0.2, -0.15) is 0 Å². The van der Waals surface area contributed by atoms with E-state index in [2.05, 4.69) is 5.32 Å². The standard InChI is InChI=1S/C17H33NO4/c1-7-15(19)14(4)18-8-9-21-10-11-22-12-16(20)17(5,6)13(2)3/h13-14,18H,7-12H2,1-6H3. The summed E-state index contributed by atoms with van der Waals surface area (Å²) < 4.78 is 10.8. The van der Waals surface area contributed by atoms with E-state index in [9.17, 15) is 9.59 Å². The molecule has 0 aromatic heterocycles. The fraction of sp³-hybridized carbons (Fsp3) is 0.882. The first-order chi connectivity index (χ1) is 10.2. The molecule has 0 aliphatic heterocycles. The van der Waals surface area contributed by atoms with Crippen LogP contribution in [0.5, 0.6) is 0 Å². The highest BCUT2D eigenvalue weighted by Crippen LogP contribution is 2.26. The lowest BCUT2D eigenvalue weighted by atomic mass is 9.78. The van der Waals surface area contributed by atoms with Crippen molar-refractivity contribution in [3.63, 3.8) is 0 Å². The van der Waals surface area contributed by atoms with Gasteiger partial charge in [-0.1, -0.05) is 34.6 Å². The van der Waals surface area contributed by atoms with E-state index in [1.165, 1.54) is 0 Å². The van der Waals surface area contributed by atoms with Gasteiger partial charge in [0.05, 0.1) is 25.9 Å². The summed E-state index contributed by atoms with van der Waals surface area (Å²) in [6, 6.07) is -0.124. The Hall–Kier alpha value is -0.780. The lowest BCUT2D eigenvalue weighted by Gasteiger charge is -2.27. The maximum Gasteiger partial charge on any atom is 0.164 e. The first-order valence-corrected chi connectivity index (χ1v) is 8.18. The number of ether oxygens (including phenoxy) is 2. The fourth-order valence-corrected chi connectivity index (χ4v) is 1.66. The second-order valence-electron chi connectivity index (χ2n) is 6.46. The van der Waals surface area contributed by atoms with Gasteiger partial charge in [0.2, 0.25) is 0 Å². The van der Waals surface area contributed by atoms with Gasteiger partial charge in [0.1, 0.15) is 12.4 Å². The van der Waals surface area contributed by atoms with E-state index < -0.39 is 0 Å². The van der Waals surface area contributed by atoms with Crippen molar-refractivity contribution >= 4 is 11.6 Å². The third-order valence-electron chi connectivity index (χ3n) is 4.30. The Morgan fingerprint density at radius 1 is 1.05 bits per heavy atom. The van der Waals surface area contributed by atoms with Crippen molar-refractivity contribution in [1.29, 1.82) is 0 Å². The normalized spacial score (nSPS) is 13.4. The second-order valence-corrected chi connectivity index (χ2v) is 6.46. The zero-order valence-electron chi connectivity index (χ0n) is 15.0. The van der Waals surface area contributed by atoms with E-state index in [0.717, 1.165) is 0 Å². The molecule has 0 aliphatic carbocycles. The van der Waals surface area contributed by atoms with E-state index in [1.54, 1.807) is 0 Å². The quantitative estimate of drug-likeness (QED) is 0.528. The largest absolute Gasteiger partial charge is 0.378 e. The summed E-state index contributed by atoms with van der Waals surface area (Å²) in [6.45, 7) is 13.8. The van der Waals surface area contributed by atoms with E-state index >= 15 is 0 Å². The molecule has 22 heavy (non-hydrogen) atoms. The average Bonchev–Trinajstić information content (AvgIpc) is 2.48. The number of rotatable bonds is 13. The molecule has 5 heteroatoms. The summed E-state index contributed by atoms with van der Waals surface area (Å²) in [7, 11) is 0. The monoisotopic (exact) mass is 315 g/mol. The van der Waals surface area contributed by atoms with Crippen molar-refractivity contribution in [3.05, 3.63) is 0 Å². The highest BCUT2D eigenvalue weighted by Gasteiger charge is 2.30. The highest BCUT2D eigenvalue weighted by molar-refractivity contribution is 5.85. The average molecular weight is 315 g/mol.